The molecule has 1 fully saturated rings. The second kappa shape index (κ2) is 7.02. The fourth-order valence-corrected chi connectivity index (χ4v) is 2.48. The summed E-state index contributed by atoms with van der Waals surface area (Å²) in [5.74, 6) is -2.54. The number of nitrogens with zero attached hydrogens (tertiary/aromatic N) is 3. The highest BCUT2D eigenvalue weighted by atomic mass is 19.4. The Morgan fingerprint density at radius 2 is 2.25 bits per heavy atom. The van der Waals surface area contributed by atoms with Gasteiger partial charge >= 0.3 is 11.9 Å². The van der Waals surface area contributed by atoms with E-state index in [9.17, 15) is 28.1 Å². The lowest BCUT2D eigenvalue weighted by Gasteiger charge is -2.33. The minimum Gasteiger partial charge on any atom is -0.463 e. The number of hydrogen-bond acceptors (Lipinski definition) is 5. The molecule has 0 N–H and O–H groups in total. The number of pyridine rings is 1. The van der Waals surface area contributed by atoms with Crippen molar-refractivity contribution >= 4 is 11.6 Å². The van der Waals surface area contributed by atoms with Crippen LogP contribution in [-0.4, -0.2) is 46.6 Å². The van der Waals surface area contributed by atoms with Crippen LogP contribution in [0.3, 0.4) is 0 Å². The number of nitro groups is 1. The maximum atomic E-state index is 12.8. The number of aromatic nitrogens is 1. The van der Waals surface area contributed by atoms with Crippen molar-refractivity contribution in [1.29, 1.82) is 0 Å². The zero-order valence-corrected chi connectivity index (χ0v) is 12.9. The minimum absolute atomic E-state index is 0.0148. The number of rotatable bonds is 4. The molecule has 0 spiro atoms. The maximum absolute atomic E-state index is 12.8. The standard InChI is InChI=1S/C14H16F3N3O4/c1-9-5-11(20(22)23)13(18-6-9)24-8-12(21)19-4-2-3-10(7-19)14(15,16)17/h5-6,10H,2-4,7-8H2,1H3/t10-/m1/s1. The van der Waals surface area contributed by atoms with Crippen LogP contribution in [0, 0.1) is 23.0 Å². The second-order valence-corrected chi connectivity index (χ2v) is 5.60. The fourth-order valence-electron chi connectivity index (χ4n) is 2.48. The quantitative estimate of drug-likeness (QED) is 0.617. The normalized spacial score (nSPS) is 18.3. The highest BCUT2D eigenvalue weighted by Gasteiger charge is 2.42. The van der Waals surface area contributed by atoms with Gasteiger partial charge in [-0.05, 0) is 25.3 Å². The van der Waals surface area contributed by atoms with Gasteiger partial charge in [-0.3, -0.25) is 14.9 Å². The summed E-state index contributed by atoms with van der Waals surface area (Å²) in [6.07, 6.45) is -2.78. The smallest absolute Gasteiger partial charge is 0.393 e. The molecule has 2 heterocycles. The molecule has 24 heavy (non-hydrogen) atoms. The van der Waals surface area contributed by atoms with Gasteiger partial charge in [0.1, 0.15) is 0 Å². The molecule has 132 valence electrons. The first-order chi connectivity index (χ1) is 11.2. The molecule has 1 atom stereocenters. The maximum Gasteiger partial charge on any atom is 0.393 e. The van der Waals surface area contributed by atoms with Gasteiger partial charge in [0, 0.05) is 25.4 Å². The Balaban J connectivity index is 2.00. The van der Waals surface area contributed by atoms with Crippen molar-refractivity contribution in [2.75, 3.05) is 19.7 Å². The van der Waals surface area contributed by atoms with Crippen LogP contribution < -0.4 is 4.74 Å². The summed E-state index contributed by atoms with van der Waals surface area (Å²) in [6, 6.07) is 1.24. The Labute approximate surface area is 135 Å². The predicted molar refractivity (Wildman–Crippen MR) is 76.5 cm³/mol. The number of halogens is 3. The zero-order chi connectivity index (χ0) is 17.9. The first-order valence-corrected chi connectivity index (χ1v) is 7.27. The molecule has 1 aromatic rings. The predicted octanol–water partition coefficient (Wildman–Crippen LogP) is 2.48. The molecule has 2 rings (SSSR count). The van der Waals surface area contributed by atoms with Crippen LogP contribution in [0.4, 0.5) is 18.9 Å². The van der Waals surface area contributed by atoms with Crippen molar-refractivity contribution in [3.05, 3.63) is 27.9 Å². The lowest BCUT2D eigenvalue weighted by Crippen LogP contribution is -2.46. The Bertz CT molecular complexity index is 636. The Hall–Kier alpha value is -2.39. The first-order valence-electron chi connectivity index (χ1n) is 7.27. The molecule has 1 amide bonds. The molecule has 1 aromatic heterocycles. The number of piperidine rings is 1. The molecule has 0 unspecified atom stereocenters. The second-order valence-electron chi connectivity index (χ2n) is 5.60. The van der Waals surface area contributed by atoms with Crippen LogP contribution >= 0.6 is 0 Å². The number of likely N-dealkylation sites (tertiary alicyclic amines) is 1. The van der Waals surface area contributed by atoms with Crippen molar-refractivity contribution in [3.8, 4) is 5.88 Å². The molecule has 0 radical (unpaired) electrons. The fraction of sp³-hybridized carbons (Fsp3) is 0.571. The van der Waals surface area contributed by atoms with Crippen molar-refractivity contribution in [2.45, 2.75) is 25.9 Å². The Morgan fingerprint density at radius 1 is 1.54 bits per heavy atom. The third-order valence-electron chi connectivity index (χ3n) is 3.74. The van der Waals surface area contributed by atoms with Gasteiger partial charge in [0.15, 0.2) is 6.61 Å². The van der Waals surface area contributed by atoms with Crippen molar-refractivity contribution in [2.24, 2.45) is 5.92 Å². The van der Waals surface area contributed by atoms with Crippen LogP contribution in [0.1, 0.15) is 18.4 Å². The van der Waals surface area contributed by atoms with E-state index in [4.69, 9.17) is 4.74 Å². The van der Waals surface area contributed by atoms with Gasteiger partial charge in [0.05, 0.1) is 10.8 Å². The zero-order valence-electron chi connectivity index (χ0n) is 12.9. The van der Waals surface area contributed by atoms with Crippen LogP contribution in [0.15, 0.2) is 12.3 Å². The molecular formula is C14H16F3N3O4. The SMILES string of the molecule is Cc1cnc(OCC(=O)N2CCC[C@@H](C(F)(F)F)C2)c([N+](=O)[O-])c1. The molecule has 1 aliphatic heterocycles. The van der Waals surface area contributed by atoms with Crippen molar-refractivity contribution in [3.63, 3.8) is 0 Å². The van der Waals surface area contributed by atoms with E-state index in [0.717, 1.165) is 4.90 Å². The van der Waals surface area contributed by atoms with Gasteiger partial charge in [-0.1, -0.05) is 0 Å². The average molecular weight is 347 g/mol. The largest absolute Gasteiger partial charge is 0.463 e. The lowest BCUT2D eigenvalue weighted by molar-refractivity contribution is -0.386. The molecule has 10 heteroatoms. The van der Waals surface area contributed by atoms with Crippen LogP contribution in [0.2, 0.25) is 0 Å². The molecule has 0 bridgehead atoms. The molecule has 7 nitrogen and oxygen atoms in total. The first kappa shape index (κ1) is 18.0. The Kier molecular flexibility index (Phi) is 5.25. The van der Waals surface area contributed by atoms with Crippen LogP contribution in [-0.2, 0) is 4.79 Å². The summed E-state index contributed by atoms with van der Waals surface area (Å²) in [4.78, 5) is 27.1. The Morgan fingerprint density at radius 3 is 2.88 bits per heavy atom. The van der Waals surface area contributed by atoms with E-state index in [1.807, 2.05) is 0 Å². The van der Waals surface area contributed by atoms with Crippen molar-refractivity contribution < 1.29 is 27.6 Å². The molecule has 0 saturated carbocycles. The summed E-state index contributed by atoms with van der Waals surface area (Å²) < 4.78 is 43.3. The van der Waals surface area contributed by atoms with Crippen LogP contribution in [0.25, 0.3) is 0 Å². The number of amides is 1. The van der Waals surface area contributed by atoms with E-state index < -0.39 is 41.8 Å². The molecular weight excluding hydrogens is 331 g/mol. The van der Waals surface area contributed by atoms with Crippen molar-refractivity contribution in [1.82, 2.24) is 9.88 Å². The van der Waals surface area contributed by atoms with Gasteiger partial charge in [-0.2, -0.15) is 13.2 Å². The van der Waals surface area contributed by atoms with E-state index in [1.165, 1.54) is 12.3 Å². The van der Waals surface area contributed by atoms with Gasteiger partial charge in [0.25, 0.3) is 11.8 Å². The van der Waals surface area contributed by atoms with Gasteiger partial charge < -0.3 is 9.64 Å². The third kappa shape index (κ3) is 4.33. The highest BCUT2D eigenvalue weighted by molar-refractivity contribution is 5.78. The number of alkyl halides is 3. The molecule has 0 aromatic carbocycles. The monoisotopic (exact) mass is 347 g/mol. The summed E-state index contributed by atoms with van der Waals surface area (Å²) >= 11 is 0. The number of aryl methyl sites for hydroxylation is 1. The van der Waals surface area contributed by atoms with E-state index in [1.54, 1.807) is 6.92 Å². The average Bonchev–Trinajstić information content (AvgIpc) is 2.52. The molecule has 1 saturated heterocycles. The molecule has 1 aliphatic rings. The summed E-state index contributed by atoms with van der Waals surface area (Å²) in [5.41, 5.74) is 0.152. The van der Waals surface area contributed by atoms with E-state index in [-0.39, 0.29) is 25.3 Å². The van der Waals surface area contributed by atoms with E-state index >= 15 is 0 Å². The summed E-state index contributed by atoms with van der Waals surface area (Å²) in [7, 11) is 0. The van der Waals surface area contributed by atoms with Crippen LogP contribution in [0.5, 0.6) is 5.88 Å². The number of ether oxygens (including phenoxy) is 1. The number of carbonyl (C=O) groups excluding carboxylic acids is 1. The summed E-state index contributed by atoms with van der Waals surface area (Å²) in [6.45, 7) is 0.800. The van der Waals surface area contributed by atoms with Gasteiger partial charge in [-0.25, -0.2) is 4.98 Å². The topological polar surface area (TPSA) is 85.6 Å². The lowest BCUT2D eigenvalue weighted by atomic mass is 9.97. The van der Waals surface area contributed by atoms with E-state index in [0.29, 0.717) is 5.56 Å². The summed E-state index contributed by atoms with van der Waals surface area (Å²) in [5, 5.41) is 10.9. The van der Waals surface area contributed by atoms with Gasteiger partial charge in [0.2, 0.25) is 0 Å². The number of carbonyl (C=O) groups is 1. The third-order valence-corrected chi connectivity index (χ3v) is 3.74. The molecule has 0 aliphatic carbocycles. The minimum atomic E-state index is -4.35. The highest BCUT2D eigenvalue weighted by Crippen LogP contribution is 2.33. The number of hydrogen-bond donors (Lipinski definition) is 0. The van der Waals surface area contributed by atoms with E-state index in [2.05, 4.69) is 4.98 Å². The van der Waals surface area contributed by atoms with Gasteiger partial charge in [-0.15, -0.1) is 0 Å².